The summed E-state index contributed by atoms with van der Waals surface area (Å²) in [4.78, 5) is 15.4. The van der Waals surface area contributed by atoms with Crippen molar-refractivity contribution in [1.82, 2.24) is 9.55 Å². The molecule has 0 saturated heterocycles. The van der Waals surface area contributed by atoms with Gasteiger partial charge in [-0.2, -0.15) is 0 Å². The Morgan fingerprint density at radius 2 is 2.11 bits per heavy atom. The molecule has 0 N–H and O–H groups in total. The van der Waals surface area contributed by atoms with Gasteiger partial charge >= 0.3 is 0 Å². The lowest BCUT2D eigenvalue weighted by atomic mass is 9.78. The highest BCUT2D eigenvalue weighted by Crippen LogP contribution is 2.34. The van der Waals surface area contributed by atoms with Crippen molar-refractivity contribution in [3.8, 4) is 0 Å². The van der Waals surface area contributed by atoms with E-state index in [1.54, 1.807) is 0 Å². The van der Waals surface area contributed by atoms with E-state index in [0.717, 1.165) is 29.8 Å². The van der Waals surface area contributed by atoms with Crippen molar-refractivity contribution in [1.29, 1.82) is 0 Å². The van der Waals surface area contributed by atoms with Crippen molar-refractivity contribution >= 4 is 6.29 Å². The van der Waals surface area contributed by atoms with E-state index in [-0.39, 0.29) is 0 Å². The molecule has 3 heteroatoms. The van der Waals surface area contributed by atoms with Crippen LogP contribution >= 0.6 is 0 Å². The number of hydrogen-bond acceptors (Lipinski definition) is 2. The minimum atomic E-state index is 0.377. The van der Waals surface area contributed by atoms with Crippen molar-refractivity contribution < 1.29 is 4.79 Å². The molecule has 0 spiro atoms. The van der Waals surface area contributed by atoms with Gasteiger partial charge in [0.15, 0.2) is 0 Å². The van der Waals surface area contributed by atoms with Gasteiger partial charge in [-0.05, 0) is 32.3 Å². The number of aromatic nitrogens is 2. The molecule has 3 nitrogen and oxygen atoms in total. The van der Waals surface area contributed by atoms with E-state index in [9.17, 15) is 4.79 Å². The van der Waals surface area contributed by atoms with E-state index in [1.165, 1.54) is 5.57 Å². The van der Waals surface area contributed by atoms with Crippen LogP contribution in [0.25, 0.3) is 0 Å². The highest BCUT2D eigenvalue weighted by Gasteiger charge is 2.25. The Balaban J connectivity index is 2.31. The van der Waals surface area contributed by atoms with Gasteiger partial charge in [0.05, 0.1) is 0 Å². The lowest BCUT2D eigenvalue weighted by Gasteiger charge is -2.29. The summed E-state index contributed by atoms with van der Waals surface area (Å²) >= 11 is 0. The summed E-state index contributed by atoms with van der Waals surface area (Å²) in [6.45, 7) is 9.20. The first-order valence-electron chi connectivity index (χ1n) is 6.37. The normalized spacial score (nSPS) is 24.1. The van der Waals surface area contributed by atoms with Crippen molar-refractivity contribution in [3.63, 3.8) is 0 Å². The molecule has 0 radical (unpaired) electrons. The smallest absolute Gasteiger partial charge is 0.150 e. The fraction of sp³-hybridized carbons (Fsp3) is 0.467. The van der Waals surface area contributed by atoms with Crippen molar-refractivity contribution in [2.45, 2.75) is 34.2 Å². The average molecular weight is 244 g/mol. The molecule has 96 valence electrons. The first-order valence-corrected chi connectivity index (χ1v) is 6.37. The maximum absolute atomic E-state index is 11.2. The number of imidazole rings is 1. The molecule has 1 aromatic rings. The van der Waals surface area contributed by atoms with Crippen LogP contribution < -0.4 is 0 Å². The molecule has 1 aromatic heterocycles. The van der Waals surface area contributed by atoms with Gasteiger partial charge in [0.1, 0.15) is 12.1 Å². The standard InChI is InChI=1S/C15H20N2O/c1-10-7-11(2)15(9-18)12(3)14(10)8-17-6-5-16-13(17)4/h5-7,9-10,14H,8H2,1-4H3. The number of carbonyl (C=O) groups is 1. The first kappa shape index (κ1) is 12.8. The average Bonchev–Trinajstić information content (AvgIpc) is 2.70. The van der Waals surface area contributed by atoms with Crippen LogP contribution in [-0.4, -0.2) is 15.8 Å². The van der Waals surface area contributed by atoms with Crippen LogP contribution in [-0.2, 0) is 11.3 Å². The van der Waals surface area contributed by atoms with E-state index in [1.807, 2.05) is 26.2 Å². The van der Waals surface area contributed by atoms with Crippen LogP contribution in [0, 0.1) is 18.8 Å². The molecule has 1 heterocycles. The summed E-state index contributed by atoms with van der Waals surface area (Å²) in [6.07, 6.45) is 7.01. The molecular formula is C15H20N2O. The lowest BCUT2D eigenvalue weighted by Crippen LogP contribution is -2.23. The summed E-state index contributed by atoms with van der Waals surface area (Å²) in [7, 11) is 0. The van der Waals surface area contributed by atoms with Gasteiger partial charge in [-0.3, -0.25) is 4.79 Å². The van der Waals surface area contributed by atoms with Crippen LogP contribution in [0.4, 0.5) is 0 Å². The SMILES string of the molecule is CC1=CC(C)C(Cn2ccnc2C)C(C)=C1C=O. The second-order valence-corrected chi connectivity index (χ2v) is 5.16. The molecule has 0 saturated carbocycles. The molecule has 18 heavy (non-hydrogen) atoms. The molecule has 1 aliphatic carbocycles. The molecule has 0 amide bonds. The Labute approximate surface area is 108 Å². The van der Waals surface area contributed by atoms with Gasteiger partial charge in [0, 0.05) is 30.4 Å². The lowest BCUT2D eigenvalue weighted by molar-refractivity contribution is -0.104. The van der Waals surface area contributed by atoms with Gasteiger partial charge in [0.25, 0.3) is 0 Å². The van der Waals surface area contributed by atoms with Crippen LogP contribution in [0.1, 0.15) is 26.6 Å². The number of hydrogen-bond donors (Lipinski definition) is 0. The molecule has 0 aliphatic heterocycles. The molecule has 0 aromatic carbocycles. The van der Waals surface area contributed by atoms with Gasteiger partial charge in [0.2, 0.25) is 0 Å². The molecule has 1 aliphatic rings. The summed E-state index contributed by atoms with van der Waals surface area (Å²) in [6, 6.07) is 0. The van der Waals surface area contributed by atoms with Crippen LogP contribution in [0.15, 0.2) is 35.2 Å². The second kappa shape index (κ2) is 4.92. The second-order valence-electron chi connectivity index (χ2n) is 5.16. The van der Waals surface area contributed by atoms with Crippen molar-refractivity contribution in [2.24, 2.45) is 11.8 Å². The molecule has 2 unspecified atom stereocenters. The van der Waals surface area contributed by atoms with E-state index in [2.05, 4.69) is 29.5 Å². The fourth-order valence-electron chi connectivity index (χ4n) is 2.80. The zero-order valence-corrected chi connectivity index (χ0v) is 11.5. The maximum atomic E-state index is 11.2. The number of allylic oxidation sites excluding steroid dienone is 4. The van der Waals surface area contributed by atoms with Crippen molar-refractivity contribution in [2.75, 3.05) is 0 Å². The minimum Gasteiger partial charge on any atom is -0.335 e. The van der Waals surface area contributed by atoms with Gasteiger partial charge in [-0.15, -0.1) is 0 Å². The molecule has 0 bridgehead atoms. The van der Waals surface area contributed by atoms with Crippen molar-refractivity contribution in [3.05, 3.63) is 41.0 Å². The highest BCUT2D eigenvalue weighted by atomic mass is 16.1. The summed E-state index contributed by atoms with van der Waals surface area (Å²) < 4.78 is 2.15. The predicted molar refractivity (Wildman–Crippen MR) is 72.1 cm³/mol. The number of rotatable bonds is 3. The Bertz CT molecular complexity index is 522. The van der Waals surface area contributed by atoms with E-state index in [4.69, 9.17) is 0 Å². The van der Waals surface area contributed by atoms with E-state index in [0.29, 0.717) is 11.8 Å². The predicted octanol–water partition coefficient (Wildman–Crippen LogP) is 2.92. The van der Waals surface area contributed by atoms with E-state index < -0.39 is 0 Å². The number of nitrogens with zero attached hydrogens (tertiary/aromatic N) is 2. The zero-order valence-electron chi connectivity index (χ0n) is 11.5. The fourth-order valence-corrected chi connectivity index (χ4v) is 2.80. The summed E-state index contributed by atoms with van der Waals surface area (Å²) in [5.74, 6) is 1.85. The molecule has 2 rings (SSSR count). The van der Waals surface area contributed by atoms with Crippen LogP contribution in [0.2, 0.25) is 0 Å². The third-order valence-electron chi connectivity index (χ3n) is 3.99. The van der Waals surface area contributed by atoms with Crippen LogP contribution in [0.5, 0.6) is 0 Å². The maximum Gasteiger partial charge on any atom is 0.150 e. The Kier molecular flexibility index (Phi) is 3.50. The number of carbonyl (C=O) groups excluding carboxylic acids is 1. The minimum absolute atomic E-state index is 0.377. The summed E-state index contributed by atoms with van der Waals surface area (Å²) in [5, 5.41) is 0. The molecular weight excluding hydrogens is 224 g/mol. The largest absolute Gasteiger partial charge is 0.335 e. The Morgan fingerprint density at radius 3 is 2.67 bits per heavy atom. The molecule has 2 atom stereocenters. The topological polar surface area (TPSA) is 34.9 Å². The number of aldehydes is 1. The quantitative estimate of drug-likeness (QED) is 0.766. The molecule has 0 fully saturated rings. The first-order chi connectivity index (χ1) is 8.54. The van der Waals surface area contributed by atoms with E-state index >= 15 is 0 Å². The summed E-state index contributed by atoms with van der Waals surface area (Å²) in [5.41, 5.74) is 3.18. The third-order valence-corrected chi connectivity index (χ3v) is 3.99. The van der Waals surface area contributed by atoms with Gasteiger partial charge in [-0.1, -0.05) is 18.6 Å². The van der Waals surface area contributed by atoms with Crippen LogP contribution in [0.3, 0.4) is 0 Å². The Hall–Kier alpha value is -1.64. The monoisotopic (exact) mass is 244 g/mol. The van der Waals surface area contributed by atoms with Gasteiger partial charge < -0.3 is 4.57 Å². The third kappa shape index (κ3) is 2.17. The van der Waals surface area contributed by atoms with Gasteiger partial charge in [-0.25, -0.2) is 4.98 Å². The Morgan fingerprint density at radius 1 is 1.39 bits per heavy atom. The highest BCUT2D eigenvalue weighted by molar-refractivity contribution is 5.81. The number of aryl methyl sites for hydroxylation is 1. The zero-order chi connectivity index (χ0) is 13.3.